The van der Waals surface area contributed by atoms with Crippen molar-refractivity contribution in [1.29, 1.82) is 0 Å². The molecule has 0 saturated carbocycles. The zero-order chi connectivity index (χ0) is 11.5. The van der Waals surface area contributed by atoms with Crippen molar-refractivity contribution in [1.82, 2.24) is 14.7 Å². The van der Waals surface area contributed by atoms with Crippen molar-refractivity contribution < 1.29 is 9.90 Å². The van der Waals surface area contributed by atoms with Crippen LogP contribution in [0.1, 0.15) is 29.6 Å². The van der Waals surface area contributed by atoms with Crippen LogP contribution in [0, 0.1) is 0 Å². The van der Waals surface area contributed by atoms with E-state index in [1.807, 2.05) is 0 Å². The van der Waals surface area contributed by atoms with E-state index in [1.165, 1.54) is 0 Å². The van der Waals surface area contributed by atoms with Crippen LogP contribution in [0.4, 0.5) is 0 Å². The summed E-state index contributed by atoms with van der Waals surface area (Å²) in [5.74, 6) is -0.0214. The number of carbonyl (C=O) groups is 1. The summed E-state index contributed by atoms with van der Waals surface area (Å²) in [6.07, 6.45) is 6.28. The lowest BCUT2D eigenvalue weighted by molar-refractivity contribution is 0.0503. The number of hydrogen-bond donors (Lipinski definition) is 1. The molecule has 5 nitrogen and oxygen atoms in total. The average Bonchev–Trinajstić information content (AvgIpc) is 2.75. The number of aryl methyl sites for hydroxylation is 1. The van der Waals surface area contributed by atoms with Crippen LogP contribution in [0.5, 0.6) is 0 Å². The average molecular weight is 223 g/mol. The minimum atomic E-state index is -0.0264. The monoisotopic (exact) mass is 223 g/mol. The molecule has 1 atom stereocenters. The third kappa shape index (κ3) is 2.09. The minimum absolute atomic E-state index is 0.0214. The van der Waals surface area contributed by atoms with Gasteiger partial charge in [-0.05, 0) is 19.3 Å². The van der Waals surface area contributed by atoms with Crippen molar-refractivity contribution in [2.75, 3.05) is 13.2 Å². The molecule has 1 aromatic heterocycles. The fourth-order valence-electron chi connectivity index (χ4n) is 2.16. The van der Waals surface area contributed by atoms with Gasteiger partial charge in [0, 0.05) is 19.8 Å². The summed E-state index contributed by atoms with van der Waals surface area (Å²) in [5, 5.41) is 13.2. The molecule has 1 fully saturated rings. The lowest BCUT2D eigenvalue weighted by Gasteiger charge is -2.34. The van der Waals surface area contributed by atoms with Gasteiger partial charge in [-0.1, -0.05) is 0 Å². The first-order valence-corrected chi connectivity index (χ1v) is 5.63. The third-order valence-corrected chi connectivity index (χ3v) is 3.05. The van der Waals surface area contributed by atoms with Gasteiger partial charge in [0.2, 0.25) is 0 Å². The molecule has 1 saturated heterocycles. The predicted octanol–water partition coefficient (Wildman–Crippen LogP) is 0.407. The summed E-state index contributed by atoms with van der Waals surface area (Å²) in [7, 11) is 1.79. The van der Waals surface area contributed by atoms with E-state index in [0.717, 1.165) is 25.8 Å². The highest BCUT2D eigenvalue weighted by molar-refractivity contribution is 5.94. The first-order chi connectivity index (χ1) is 7.72. The van der Waals surface area contributed by atoms with Gasteiger partial charge in [0.05, 0.1) is 24.4 Å². The van der Waals surface area contributed by atoms with Gasteiger partial charge in [-0.2, -0.15) is 5.10 Å². The molecule has 2 rings (SSSR count). The molecule has 0 spiro atoms. The van der Waals surface area contributed by atoms with E-state index in [1.54, 1.807) is 29.0 Å². The second-order valence-corrected chi connectivity index (χ2v) is 4.23. The molecule has 1 amide bonds. The van der Waals surface area contributed by atoms with E-state index >= 15 is 0 Å². The van der Waals surface area contributed by atoms with Crippen molar-refractivity contribution in [2.45, 2.75) is 25.3 Å². The zero-order valence-electron chi connectivity index (χ0n) is 9.46. The Hall–Kier alpha value is -1.36. The second-order valence-electron chi connectivity index (χ2n) is 4.23. The summed E-state index contributed by atoms with van der Waals surface area (Å²) < 4.78 is 1.62. The van der Waals surface area contributed by atoms with Gasteiger partial charge < -0.3 is 10.0 Å². The molecule has 0 bridgehead atoms. The van der Waals surface area contributed by atoms with E-state index in [9.17, 15) is 9.90 Å². The lowest BCUT2D eigenvalue weighted by atomic mass is 10.0. The van der Waals surface area contributed by atoms with Gasteiger partial charge in [0.25, 0.3) is 5.91 Å². The SMILES string of the molecule is Cn1cc(C(=O)N2CCCCC2CO)cn1. The first kappa shape index (κ1) is 11.1. The van der Waals surface area contributed by atoms with Crippen molar-refractivity contribution in [2.24, 2.45) is 7.05 Å². The summed E-state index contributed by atoms with van der Waals surface area (Å²) in [5.41, 5.74) is 0.600. The molecule has 0 aliphatic carbocycles. The third-order valence-electron chi connectivity index (χ3n) is 3.05. The number of aliphatic hydroxyl groups excluding tert-OH is 1. The topological polar surface area (TPSA) is 58.4 Å². The quantitative estimate of drug-likeness (QED) is 0.790. The van der Waals surface area contributed by atoms with Crippen LogP contribution in [-0.2, 0) is 7.05 Å². The number of aliphatic hydroxyl groups is 1. The molecular weight excluding hydrogens is 206 g/mol. The molecular formula is C11H17N3O2. The molecule has 1 aliphatic rings. The van der Waals surface area contributed by atoms with Crippen LogP contribution in [0.2, 0.25) is 0 Å². The summed E-state index contributed by atoms with van der Waals surface area (Å²) in [6.45, 7) is 0.783. The highest BCUT2D eigenvalue weighted by Crippen LogP contribution is 2.18. The summed E-state index contributed by atoms with van der Waals surface area (Å²) >= 11 is 0. The highest BCUT2D eigenvalue weighted by atomic mass is 16.3. The number of amides is 1. The van der Waals surface area contributed by atoms with Crippen LogP contribution in [-0.4, -0.2) is 44.9 Å². The zero-order valence-corrected chi connectivity index (χ0v) is 9.46. The predicted molar refractivity (Wildman–Crippen MR) is 59.0 cm³/mol. The molecule has 1 unspecified atom stereocenters. The Morgan fingerprint density at radius 1 is 1.62 bits per heavy atom. The fraction of sp³-hybridized carbons (Fsp3) is 0.636. The summed E-state index contributed by atoms with van der Waals surface area (Å²) in [4.78, 5) is 13.9. The van der Waals surface area contributed by atoms with Crippen molar-refractivity contribution in [3.8, 4) is 0 Å². The number of rotatable bonds is 2. The van der Waals surface area contributed by atoms with Crippen molar-refractivity contribution in [3.63, 3.8) is 0 Å². The summed E-state index contributed by atoms with van der Waals surface area (Å²) in [6, 6.07) is -0.0264. The molecule has 0 radical (unpaired) electrons. The Morgan fingerprint density at radius 2 is 2.44 bits per heavy atom. The largest absolute Gasteiger partial charge is 0.394 e. The Kier molecular flexibility index (Phi) is 3.24. The molecule has 0 aromatic carbocycles. The Labute approximate surface area is 94.7 Å². The maximum atomic E-state index is 12.1. The van der Waals surface area contributed by atoms with Crippen LogP contribution >= 0.6 is 0 Å². The Bertz CT molecular complexity index is 375. The Morgan fingerprint density at radius 3 is 3.06 bits per heavy atom. The van der Waals surface area contributed by atoms with Gasteiger partial charge >= 0.3 is 0 Å². The van der Waals surface area contributed by atoms with Crippen molar-refractivity contribution in [3.05, 3.63) is 18.0 Å². The van der Waals surface area contributed by atoms with Crippen molar-refractivity contribution >= 4 is 5.91 Å². The van der Waals surface area contributed by atoms with E-state index in [0.29, 0.717) is 5.56 Å². The number of likely N-dealkylation sites (tertiary alicyclic amines) is 1. The molecule has 1 aliphatic heterocycles. The molecule has 1 N–H and O–H groups in total. The standard InChI is InChI=1S/C11H17N3O2/c1-13-7-9(6-12-13)11(16)14-5-3-2-4-10(14)8-15/h6-7,10,15H,2-5,8H2,1H3. The normalized spacial score (nSPS) is 21.1. The fourth-order valence-corrected chi connectivity index (χ4v) is 2.16. The van der Waals surface area contributed by atoms with E-state index < -0.39 is 0 Å². The molecule has 1 aromatic rings. The molecule has 88 valence electrons. The van der Waals surface area contributed by atoms with Crippen LogP contribution in [0.25, 0.3) is 0 Å². The maximum absolute atomic E-state index is 12.1. The molecule has 2 heterocycles. The number of nitrogens with zero attached hydrogens (tertiary/aromatic N) is 3. The number of aromatic nitrogens is 2. The van der Waals surface area contributed by atoms with E-state index in [2.05, 4.69) is 5.10 Å². The van der Waals surface area contributed by atoms with Crippen LogP contribution < -0.4 is 0 Å². The highest BCUT2D eigenvalue weighted by Gasteiger charge is 2.27. The number of carbonyl (C=O) groups excluding carboxylic acids is 1. The van der Waals surface area contributed by atoms with Crippen LogP contribution in [0.3, 0.4) is 0 Å². The number of hydrogen-bond acceptors (Lipinski definition) is 3. The van der Waals surface area contributed by atoms with Gasteiger partial charge in [-0.25, -0.2) is 0 Å². The minimum Gasteiger partial charge on any atom is -0.394 e. The second kappa shape index (κ2) is 4.65. The Balaban J connectivity index is 2.13. The van der Waals surface area contributed by atoms with E-state index in [-0.39, 0.29) is 18.6 Å². The molecule has 16 heavy (non-hydrogen) atoms. The van der Waals surface area contributed by atoms with Crippen LogP contribution in [0.15, 0.2) is 12.4 Å². The number of piperidine rings is 1. The maximum Gasteiger partial charge on any atom is 0.257 e. The van der Waals surface area contributed by atoms with Gasteiger partial charge in [0.1, 0.15) is 0 Å². The molecule has 5 heteroatoms. The smallest absolute Gasteiger partial charge is 0.257 e. The van der Waals surface area contributed by atoms with Gasteiger partial charge in [-0.3, -0.25) is 9.48 Å². The van der Waals surface area contributed by atoms with Gasteiger partial charge in [-0.15, -0.1) is 0 Å². The van der Waals surface area contributed by atoms with E-state index in [4.69, 9.17) is 0 Å². The first-order valence-electron chi connectivity index (χ1n) is 5.63. The van der Waals surface area contributed by atoms with Gasteiger partial charge in [0.15, 0.2) is 0 Å². The lowest BCUT2D eigenvalue weighted by Crippen LogP contribution is -2.45.